The normalized spacial score (nSPS) is 9.58. The van der Waals surface area contributed by atoms with Crippen LogP contribution in [-0.4, -0.2) is 21.6 Å². The van der Waals surface area contributed by atoms with Crippen LogP contribution in [0.15, 0.2) is 30.3 Å². The van der Waals surface area contributed by atoms with E-state index in [0.717, 1.165) is 5.75 Å². The monoisotopic (exact) mass is 253 g/mol. The van der Waals surface area contributed by atoms with Gasteiger partial charge in [0.1, 0.15) is 18.4 Å². The Bertz CT molecular complexity index is 621. The summed E-state index contributed by atoms with van der Waals surface area (Å²) < 4.78 is 6.97. The Morgan fingerprint density at radius 2 is 2.00 bits per heavy atom. The van der Waals surface area contributed by atoms with Gasteiger partial charge in [-0.1, -0.05) is 23.4 Å². The molecule has 0 aliphatic carbocycles. The lowest BCUT2D eigenvalue weighted by atomic mass is 10.2. The third-order valence-corrected chi connectivity index (χ3v) is 2.51. The van der Waals surface area contributed by atoms with E-state index in [1.807, 2.05) is 42.5 Å². The molecule has 0 saturated carbocycles. The van der Waals surface area contributed by atoms with Crippen molar-refractivity contribution in [2.45, 2.75) is 13.0 Å². The third-order valence-electron chi connectivity index (χ3n) is 2.51. The molecule has 6 nitrogen and oxygen atoms in total. The molecular weight excluding hydrogens is 242 g/mol. The number of nitriles is 2. The quantitative estimate of drug-likeness (QED) is 0.801. The van der Waals surface area contributed by atoms with Crippen LogP contribution in [0.5, 0.6) is 5.75 Å². The molecule has 1 heterocycles. The summed E-state index contributed by atoms with van der Waals surface area (Å²) in [4.78, 5) is 0. The lowest BCUT2D eigenvalue weighted by Gasteiger charge is -2.06. The summed E-state index contributed by atoms with van der Waals surface area (Å²) in [6, 6.07) is 13.3. The molecule has 0 N–H and O–H groups in total. The summed E-state index contributed by atoms with van der Waals surface area (Å²) in [5, 5.41) is 25.1. The van der Waals surface area contributed by atoms with Crippen molar-refractivity contribution >= 4 is 0 Å². The van der Waals surface area contributed by atoms with Crippen molar-refractivity contribution in [2.24, 2.45) is 0 Å². The Kier molecular flexibility index (Phi) is 4.09. The van der Waals surface area contributed by atoms with E-state index in [0.29, 0.717) is 18.7 Å². The van der Waals surface area contributed by atoms with E-state index < -0.39 is 0 Å². The van der Waals surface area contributed by atoms with Gasteiger partial charge >= 0.3 is 0 Å². The van der Waals surface area contributed by atoms with E-state index in [9.17, 15) is 0 Å². The molecule has 0 atom stereocenters. The Balaban J connectivity index is 2.01. The number of hydrogen-bond acceptors (Lipinski definition) is 5. The zero-order chi connectivity index (χ0) is 13.5. The summed E-state index contributed by atoms with van der Waals surface area (Å²) >= 11 is 0. The lowest BCUT2D eigenvalue weighted by molar-refractivity contribution is 0.318. The molecular formula is C13H11N5O. The van der Waals surface area contributed by atoms with Crippen molar-refractivity contribution in [3.05, 3.63) is 41.7 Å². The predicted octanol–water partition coefficient (Wildman–Crippen LogP) is 1.29. The first-order valence-electron chi connectivity index (χ1n) is 5.72. The van der Waals surface area contributed by atoms with Crippen molar-refractivity contribution in [3.8, 4) is 17.9 Å². The molecule has 94 valence electrons. The van der Waals surface area contributed by atoms with E-state index in [1.54, 1.807) is 0 Å². The first-order chi connectivity index (χ1) is 9.35. The van der Waals surface area contributed by atoms with E-state index in [2.05, 4.69) is 10.3 Å². The van der Waals surface area contributed by atoms with Gasteiger partial charge in [0.15, 0.2) is 5.69 Å². The first kappa shape index (κ1) is 12.6. The summed E-state index contributed by atoms with van der Waals surface area (Å²) in [6.07, 6.45) is 0.479. The van der Waals surface area contributed by atoms with Gasteiger partial charge in [-0.05, 0) is 12.1 Å². The second-order valence-electron chi connectivity index (χ2n) is 3.72. The molecule has 0 saturated heterocycles. The van der Waals surface area contributed by atoms with Gasteiger partial charge in [-0.2, -0.15) is 10.5 Å². The molecule has 6 heteroatoms. The van der Waals surface area contributed by atoms with Crippen LogP contribution in [0.3, 0.4) is 0 Å². The number of benzene rings is 1. The van der Waals surface area contributed by atoms with E-state index in [4.69, 9.17) is 15.3 Å². The van der Waals surface area contributed by atoms with E-state index >= 15 is 0 Å². The standard InChI is InChI=1S/C13H11N5O/c14-7-8-18-13(12(10-15)16-17-18)6-9-19-11-4-2-1-3-5-11/h1-5H,6,8-9H2. The van der Waals surface area contributed by atoms with Gasteiger partial charge in [-0.25, -0.2) is 4.68 Å². The van der Waals surface area contributed by atoms with Gasteiger partial charge in [0.05, 0.1) is 18.4 Å². The predicted molar refractivity (Wildman–Crippen MR) is 66.0 cm³/mol. The molecule has 0 bridgehead atoms. The van der Waals surface area contributed by atoms with Gasteiger partial charge in [-0.3, -0.25) is 0 Å². The van der Waals surface area contributed by atoms with E-state index in [-0.39, 0.29) is 12.2 Å². The zero-order valence-corrected chi connectivity index (χ0v) is 10.2. The molecule has 0 aliphatic rings. The highest BCUT2D eigenvalue weighted by Gasteiger charge is 2.12. The molecule has 2 rings (SSSR count). The molecule has 0 spiro atoms. The fourth-order valence-electron chi connectivity index (χ4n) is 1.64. The molecule has 1 aromatic carbocycles. The Hall–Kier alpha value is -2.86. The molecule has 19 heavy (non-hydrogen) atoms. The fourth-order valence-corrected chi connectivity index (χ4v) is 1.64. The maximum absolute atomic E-state index is 8.93. The average Bonchev–Trinajstić information content (AvgIpc) is 2.83. The van der Waals surface area contributed by atoms with Gasteiger partial charge in [0.2, 0.25) is 0 Å². The lowest BCUT2D eigenvalue weighted by Crippen LogP contribution is -2.09. The van der Waals surface area contributed by atoms with Crippen LogP contribution >= 0.6 is 0 Å². The second-order valence-corrected chi connectivity index (χ2v) is 3.72. The highest BCUT2D eigenvalue weighted by atomic mass is 16.5. The maximum Gasteiger partial charge on any atom is 0.186 e. The van der Waals surface area contributed by atoms with E-state index in [1.165, 1.54) is 4.68 Å². The van der Waals surface area contributed by atoms with Gasteiger partial charge in [-0.15, -0.1) is 5.10 Å². The molecule has 2 aromatic rings. The number of aromatic nitrogens is 3. The van der Waals surface area contributed by atoms with Gasteiger partial charge in [0.25, 0.3) is 0 Å². The Morgan fingerprint density at radius 1 is 1.21 bits per heavy atom. The minimum absolute atomic E-state index is 0.0787. The van der Waals surface area contributed by atoms with Crippen LogP contribution in [0.1, 0.15) is 11.4 Å². The van der Waals surface area contributed by atoms with Crippen LogP contribution < -0.4 is 4.74 Å². The van der Waals surface area contributed by atoms with Crippen LogP contribution in [0, 0.1) is 22.7 Å². The van der Waals surface area contributed by atoms with Crippen molar-refractivity contribution in [1.29, 1.82) is 10.5 Å². The van der Waals surface area contributed by atoms with Crippen LogP contribution in [0.25, 0.3) is 0 Å². The molecule has 0 fully saturated rings. The second kappa shape index (κ2) is 6.18. The largest absolute Gasteiger partial charge is 0.493 e. The van der Waals surface area contributed by atoms with Crippen molar-refractivity contribution in [2.75, 3.05) is 6.61 Å². The number of para-hydroxylation sites is 1. The summed E-state index contributed by atoms with van der Waals surface area (Å²) in [6.45, 7) is 0.479. The van der Waals surface area contributed by atoms with Crippen molar-refractivity contribution in [3.63, 3.8) is 0 Å². The summed E-state index contributed by atoms with van der Waals surface area (Å²) in [7, 11) is 0. The minimum Gasteiger partial charge on any atom is -0.493 e. The molecule has 0 aliphatic heterocycles. The zero-order valence-electron chi connectivity index (χ0n) is 10.2. The Labute approximate surface area is 110 Å². The SMILES string of the molecule is N#CCn1nnc(C#N)c1CCOc1ccccc1. The number of nitrogens with zero attached hydrogens (tertiary/aromatic N) is 5. The van der Waals surface area contributed by atoms with Crippen molar-refractivity contribution < 1.29 is 4.74 Å². The molecule has 0 amide bonds. The minimum atomic E-state index is 0.0787. The van der Waals surface area contributed by atoms with Crippen LogP contribution in [0.4, 0.5) is 0 Å². The third kappa shape index (κ3) is 3.08. The number of hydrogen-bond donors (Lipinski definition) is 0. The summed E-state index contributed by atoms with van der Waals surface area (Å²) in [5.74, 6) is 0.764. The Morgan fingerprint density at radius 3 is 2.68 bits per heavy atom. The first-order valence-corrected chi connectivity index (χ1v) is 5.72. The van der Waals surface area contributed by atoms with Crippen molar-refractivity contribution in [1.82, 2.24) is 15.0 Å². The van der Waals surface area contributed by atoms with Gasteiger partial charge in [0, 0.05) is 6.42 Å². The number of ether oxygens (including phenoxy) is 1. The maximum atomic E-state index is 8.93. The highest BCUT2D eigenvalue weighted by Crippen LogP contribution is 2.10. The fraction of sp³-hybridized carbons (Fsp3) is 0.231. The topological polar surface area (TPSA) is 87.5 Å². The molecule has 0 radical (unpaired) electrons. The molecule has 1 aromatic heterocycles. The van der Waals surface area contributed by atoms with Crippen LogP contribution in [0.2, 0.25) is 0 Å². The highest BCUT2D eigenvalue weighted by molar-refractivity contribution is 5.25. The number of rotatable bonds is 5. The summed E-state index contributed by atoms with van der Waals surface area (Å²) in [5.41, 5.74) is 0.867. The van der Waals surface area contributed by atoms with Crippen LogP contribution in [-0.2, 0) is 13.0 Å². The smallest absolute Gasteiger partial charge is 0.186 e. The van der Waals surface area contributed by atoms with Gasteiger partial charge < -0.3 is 4.74 Å². The average molecular weight is 253 g/mol. The molecule has 0 unspecified atom stereocenters.